The Morgan fingerprint density at radius 3 is 1.79 bits per heavy atom. The fourth-order valence-corrected chi connectivity index (χ4v) is 8.93. The molecule has 0 aromatic heterocycles. The highest BCUT2D eigenvalue weighted by atomic mass is 32.2. The van der Waals surface area contributed by atoms with Gasteiger partial charge in [-0.2, -0.15) is 0 Å². The van der Waals surface area contributed by atoms with Crippen LogP contribution in [0.4, 0.5) is 0 Å². The first kappa shape index (κ1) is 65.7. The highest BCUT2D eigenvalue weighted by Crippen LogP contribution is 2.38. The predicted octanol–water partition coefficient (Wildman–Crippen LogP) is 11.7. The summed E-state index contributed by atoms with van der Waals surface area (Å²) in [4.78, 5) is 49.7. The second-order valence-electron chi connectivity index (χ2n) is 19.1. The van der Waals surface area contributed by atoms with Crippen LogP contribution in [0.1, 0.15) is 194 Å². The molecule has 0 radical (unpaired) electrons. The lowest BCUT2D eigenvalue weighted by Crippen LogP contribution is -2.40. The van der Waals surface area contributed by atoms with Gasteiger partial charge in [0.05, 0.1) is 33.9 Å². The van der Waals surface area contributed by atoms with Gasteiger partial charge in [-0.15, -0.1) is 11.8 Å². The number of carbonyl (C=O) groups excluding carboxylic acids is 2. The monoisotopic (exact) mass is 1000 g/mol. The van der Waals surface area contributed by atoms with Crippen molar-refractivity contribution in [3.8, 4) is 0 Å². The van der Waals surface area contributed by atoms with E-state index in [0.29, 0.717) is 17.4 Å². The van der Waals surface area contributed by atoms with Crippen molar-refractivity contribution in [2.24, 2.45) is 5.73 Å². The molecule has 0 aromatic rings. The minimum atomic E-state index is -4.79. The quantitative estimate of drug-likeness (QED) is 0.0130. The van der Waals surface area contributed by atoms with Crippen molar-refractivity contribution in [2.45, 2.75) is 217 Å². The topological polar surface area (TPSA) is 195 Å². The SMILES string of the molecule is CCCCC/C=C\C\C=C/C=C/C=C/[C@@H](SC[C@H](N)C(=O)O[C@H](COC(=O)CCCCCCCCCCCCCCCCCCCCC)COP(=O)([O-])OCC[N+](C)(C)C)[C@@H](O)CCCC(=O)O. The second kappa shape index (κ2) is 44.6. The number of phosphoric ester groups is 1. The van der Waals surface area contributed by atoms with Crippen LogP contribution in [0.25, 0.3) is 0 Å². The van der Waals surface area contributed by atoms with Gasteiger partial charge in [0.25, 0.3) is 7.82 Å². The molecule has 4 N–H and O–H groups in total. The lowest BCUT2D eigenvalue weighted by atomic mass is 10.0. The average Bonchev–Trinajstić information content (AvgIpc) is 3.28. The average molecular weight is 1000 g/mol. The van der Waals surface area contributed by atoms with E-state index in [1.807, 2.05) is 45.4 Å². The van der Waals surface area contributed by atoms with E-state index < -0.39 is 62.4 Å². The van der Waals surface area contributed by atoms with Gasteiger partial charge in [-0.05, 0) is 38.5 Å². The number of aliphatic carboxylic acids is 1. The van der Waals surface area contributed by atoms with Crippen molar-refractivity contribution in [1.82, 2.24) is 0 Å². The van der Waals surface area contributed by atoms with Crippen LogP contribution in [-0.2, 0) is 37.5 Å². The molecule has 0 amide bonds. The number of rotatable bonds is 48. The van der Waals surface area contributed by atoms with Gasteiger partial charge in [-0.25, -0.2) is 0 Å². The molecule has 0 aliphatic rings. The Morgan fingerprint density at radius 1 is 0.691 bits per heavy atom. The number of esters is 2. The van der Waals surface area contributed by atoms with Crippen LogP contribution in [0.3, 0.4) is 0 Å². The van der Waals surface area contributed by atoms with Gasteiger partial charge in [-0.1, -0.05) is 191 Å². The van der Waals surface area contributed by atoms with Gasteiger partial charge in [0, 0.05) is 23.8 Å². The number of likely N-dealkylation sites (N-methyl/N-ethyl adjacent to an activating group) is 1. The van der Waals surface area contributed by atoms with Crippen molar-refractivity contribution in [2.75, 3.05) is 53.3 Å². The number of unbranched alkanes of at least 4 members (excludes halogenated alkanes) is 21. The lowest BCUT2D eigenvalue weighted by Gasteiger charge is -2.28. The molecule has 15 heteroatoms. The van der Waals surface area contributed by atoms with E-state index in [1.54, 1.807) is 12.2 Å². The molecule has 396 valence electrons. The molecule has 0 rings (SSSR count). The standard InChI is InChI=1S/C53H97N2O11PS/c1-6-8-10-12-14-16-18-20-21-22-23-24-25-26-28-30-32-34-36-41-52(59)63-44-47(45-65-67(61,62)64-43-42-55(3,4)5)66-53(60)48(54)46-68-50(49(56)38-37-40-51(57)58)39-35-33-31-29-27-19-17-15-13-11-9-7-2/h15,17,27,29,31,33,35,39,47-50,56H,6-14,16,18-26,28,30,32,34,36-38,40-46,54H2,1-5H3,(H-,57,58,61,62)/b17-15-,29-27-,33-31+,39-35+/t47-,48+,49+,50-/m1/s1. The number of carbonyl (C=O) groups is 3. The summed E-state index contributed by atoms with van der Waals surface area (Å²) in [5.74, 6) is -2.31. The molecule has 13 nitrogen and oxygen atoms in total. The minimum absolute atomic E-state index is 0.0129. The van der Waals surface area contributed by atoms with Crippen molar-refractivity contribution < 1.29 is 57.1 Å². The fraction of sp³-hybridized carbons (Fsp3) is 0.792. The molecule has 0 aliphatic carbocycles. The highest BCUT2D eigenvalue weighted by Gasteiger charge is 2.26. The molecule has 0 aliphatic heterocycles. The number of aliphatic hydroxyl groups excluding tert-OH is 1. The Balaban J connectivity index is 5.06. The molecule has 1 unspecified atom stereocenters. The maximum atomic E-state index is 13.3. The first-order valence-electron chi connectivity index (χ1n) is 26.3. The zero-order valence-corrected chi connectivity index (χ0v) is 44.9. The van der Waals surface area contributed by atoms with Crippen LogP contribution in [0.2, 0.25) is 0 Å². The number of phosphoric acid groups is 1. The van der Waals surface area contributed by atoms with E-state index in [2.05, 4.69) is 26.0 Å². The molecule has 5 atom stereocenters. The Morgan fingerprint density at radius 2 is 1.24 bits per heavy atom. The molecular weight excluding hydrogens is 904 g/mol. The van der Waals surface area contributed by atoms with E-state index in [0.717, 1.165) is 32.1 Å². The van der Waals surface area contributed by atoms with Crippen LogP contribution < -0.4 is 10.6 Å². The number of allylic oxidation sites excluding steroid dienone is 7. The number of nitrogens with zero attached hydrogens (tertiary/aromatic N) is 1. The summed E-state index contributed by atoms with van der Waals surface area (Å²) in [7, 11) is 0.870. The van der Waals surface area contributed by atoms with Crippen molar-refractivity contribution in [1.29, 1.82) is 0 Å². The maximum absolute atomic E-state index is 13.3. The minimum Gasteiger partial charge on any atom is -0.756 e. The Labute approximate surface area is 417 Å². The molecule has 0 fully saturated rings. The van der Waals surface area contributed by atoms with Gasteiger partial charge in [0.1, 0.15) is 25.8 Å². The number of aliphatic hydroxyl groups is 1. The van der Waals surface area contributed by atoms with Gasteiger partial charge in [0.15, 0.2) is 6.10 Å². The van der Waals surface area contributed by atoms with Crippen LogP contribution in [0, 0.1) is 0 Å². The van der Waals surface area contributed by atoms with E-state index in [1.165, 1.54) is 127 Å². The molecular formula is C53H97N2O11PS. The molecule has 0 saturated heterocycles. The van der Waals surface area contributed by atoms with Gasteiger partial charge in [0.2, 0.25) is 0 Å². The molecule has 68 heavy (non-hydrogen) atoms. The van der Waals surface area contributed by atoms with E-state index in [9.17, 15) is 28.9 Å². The normalized spacial score (nSPS) is 15.1. The number of carboxylic acids is 1. The maximum Gasteiger partial charge on any atom is 0.324 e. The number of quaternary nitrogens is 1. The third-order valence-corrected chi connectivity index (χ3v) is 13.7. The van der Waals surface area contributed by atoms with Crippen LogP contribution in [-0.4, -0.2) is 109 Å². The van der Waals surface area contributed by atoms with Crippen LogP contribution >= 0.6 is 19.6 Å². The summed E-state index contributed by atoms with van der Waals surface area (Å²) in [6.45, 7) is 3.64. The summed E-state index contributed by atoms with van der Waals surface area (Å²) >= 11 is 1.20. The van der Waals surface area contributed by atoms with Crippen LogP contribution in [0.5, 0.6) is 0 Å². The smallest absolute Gasteiger partial charge is 0.324 e. The number of thioether (sulfide) groups is 1. The van der Waals surface area contributed by atoms with Crippen molar-refractivity contribution >= 4 is 37.5 Å². The van der Waals surface area contributed by atoms with E-state index in [4.69, 9.17) is 29.4 Å². The zero-order chi connectivity index (χ0) is 50.6. The number of nitrogens with two attached hydrogens (primary N) is 1. The largest absolute Gasteiger partial charge is 0.756 e. The summed E-state index contributed by atoms with van der Waals surface area (Å²) in [5, 5.41) is 19.5. The number of hydrogen-bond donors (Lipinski definition) is 3. The third-order valence-electron chi connectivity index (χ3n) is 11.4. The molecule has 0 heterocycles. The van der Waals surface area contributed by atoms with Gasteiger partial charge in [-0.3, -0.25) is 18.9 Å². The fourth-order valence-electron chi connectivity index (χ4n) is 7.08. The molecule has 0 aromatic carbocycles. The Kier molecular flexibility index (Phi) is 43.1. The Bertz CT molecular complexity index is 1420. The third kappa shape index (κ3) is 44.9. The van der Waals surface area contributed by atoms with E-state index in [-0.39, 0.29) is 38.0 Å². The molecule has 0 spiro atoms. The predicted molar refractivity (Wildman–Crippen MR) is 278 cm³/mol. The Hall–Kier alpha value is -2.29. The second-order valence-corrected chi connectivity index (χ2v) is 21.7. The number of ether oxygens (including phenoxy) is 2. The molecule has 0 saturated carbocycles. The first-order valence-corrected chi connectivity index (χ1v) is 28.8. The zero-order valence-electron chi connectivity index (χ0n) is 43.2. The van der Waals surface area contributed by atoms with Crippen molar-refractivity contribution in [3.63, 3.8) is 0 Å². The van der Waals surface area contributed by atoms with E-state index >= 15 is 0 Å². The van der Waals surface area contributed by atoms with Gasteiger partial charge < -0.3 is 43.8 Å². The number of carboxylic acid groups (broad SMARTS) is 1. The van der Waals surface area contributed by atoms with Crippen molar-refractivity contribution in [3.05, 3.63) is 48.6 Å². The summed E-state index contributed by atoms with van der Waals surface area (Å²) in [6, 6.07) is -1.20. The highest BCUT2D eigenvalue weighted by molar-refractivity contribution is 8.00. The first-order chi connectivity index (χ1) is 32.6. The van der Waals surface area contributed by atoms with Gasteiger partial charge >= 0.3 is 17.9 Å². The lowest BCUT2D eigenvalue weighted by molar-refractivity contribution is -0.870. The summed E-state index contributed by atoms with van der Waals surface area (Å²) in [5.41, 5.74) is 6.25. The molecule has 0 bridgehead atoms. The van der Waals surface area contributed by atoms with Crippen LogP contribution in [0.15, 0.2) is 48.6 Å². The summed E-state index contributed by atoms with van der Waals surface area (Å²) in [6.07, 6.45) is 43.2. The summed E-state index contributed by atoms with van der Waals surface area (Å²) < 4.78 is 34.1. The number of hydrogen-bond acceptors (Lipinski definition) is 12.